The fourth-order valence-corrected chi connectivity index (χ4v) is 3.86. The van der Waals surface area contributed by atoms with Crippen LogP contribution in [0.2, 0.25) is 0 Å². The Balaban J connectivity index is 1.40. The van der Waals surface area contributed by atoms with Gasteiger partial charge in [-0.25, -0.2) is 9.67 Å². The lowest BCUT2D eigenvalue weighted by Gasteiger charge is -2.20. The third-order valence-corrected chi connectivity index (χ3v) is 5.90. The van der Waals surface area contributed by atoms with Crippen LogP contribution in [-0.4, -0.2) is 33.8 Å². The Morgan fingerprint density at radius 3 is 2.40 bits per heavy atom. The molecular weight excluding hydrogens is 436 g/mol. The van der Waals surface area contributed by atoms with E-state index in [1.807, 2.05) is 73.8 Å². The Labute approximate surface area is 205 Å². The van der Waals surface area contributed by atoms with Crippen molar-refractivity contribution < 1.29 is 4.79 Å². The highest BCUT2D eigenvalue weighted by Crippen LogP contribution is 2.19. The molecule has 4 rings (SSSR count). The van der Waals surface area contributed by atoms with Crippen molar-refractivity contribution in [3.05, 3.63) is 108 Å². The fourth-order valence-electron chi connectivity index (χ4n) is 3.86. The maximum absolute atomic E-state index is 13.2. The maximum Gasteiger partial charge on any atom is 0.234 e. The van der Waals surface area contributed by atoms with Gasteiger partial charge in [0.2, 0.25) is 5.91 Å². The molecule has 2 aromatic heterocycles. The minimum Gasteiger partial charge on any atom is -0.315 e. The van der Waals surface area contributed by atoms with E-state index in [9.17, 15) is 4.79 Å². The maximum atomic E-state index is 13.2. The summed E-state index contributed by atoms with van der Waals surface area (Å²) in [5.41, 5.74) is 4.63. The van der Waals surface area contributed by atoms with Crippen molar-refractivity contribution in [1.82, 2.24) is 20.1 Å². The van der Waals surface area contributed by atoms with Crippen molar-refractivity contribution in [3.63, 3.8) is 0 Å². The molecule has 0 saturated heterocycles. The molecule has 0 aliphatic rings. The highest BCUT2D eigenvalue weighted by atomic mass is 16.2. The van der Waals surface area contributed by atoms with E-state index in [1.165, 1.54) is 0 Å². The van der Waals surface area contributed by atoms with Gasteiger partial charge >= 0.3 is 0 Å². The molecule has 2 atom stereocenters. The zero-order valence-electron chi connectivity index (χ0n) is 19.8. The monoisotopic (exact) mass is 464 g/mol. The number of carbonyl (C=O) groups excluding carboxylic acids is 1. The van der Waals surface area contributed by atoms with Crippen LogP contribution in [0.15, 0.2) is 85.3 Å². The lowest BCUT2D eigenvalue weighted by atomic mass is 9.96. The number of anilines is 1. The standard InChI is InChI=1S/C28H28N6O/c1-20-15-32-34(19-20)25-12-13-27(31-17-25)33-28(35)26(24-6-4-3-5-7-24)18-30-16-21(2)23-10-8-22(14-29)9-11-23/h3-13,15,17,19,21,26,30H,16,18H2,1-2H3,(H,31,33,35)/t21-,26?/m1/s1. The Morgan fingerprint density at radius 1 is 1.00 bits per heavy atom. The van der Waals surface area contributed by atoms with Crippen LogP contribution in [0.25, 0.3) is 5.69 Å². The summed E-state index contributed by atoms with van der Waals surface area (Å²) in [6.45, 7) is 5.30. The van der Waals surface area contributed by atoms with E-state index >= 15 is 0 Å². The number of rotatable bonds is 9. The van der Waals surface area contributed by atoms with Crippen LogP contribution in [0.1, 0.15) is 41.0 Å². The Hall–Kier alpha value is -4.28. The number of pyridine rings is 1. The molecule has 0 fully saturated rings. The number of aromatic nitrogens is 3. The second-order valence-electron chi connectivity index (χ2n) is 8.61. The van der Waals surface area contributed by atoms with Gasteiger partial charge in [-0.2, -0.15) is 10.4 Å². The zero-order valence-corrected chi connectivity index (χ0v) is 19.8. The number of aryl methyl sites for hydroxylation is 1. The molecular formula is C28H28N6O. The molecule has 4 aromatic rings. The van der Waals surface area contributed by atoms with Gasteiger partial charge in [0.25, 0.3) is 0 Å². The summed E-state index contributed by atoms with van der Waals surface area (Å²) in [5.74, 6) is 0.237. The number of nitrogens with zero attached hydrogens (tertiary/aromatic N) is 4. The van der Waals surface area contributed by atoms with Crippen molar-refractivity contribution in [2.75, 3.05) is 18.4 Å². The minimum absolute atomic E-state index is 0.120. The van der Waals surface area contributed by atoms with E-state index in [0.717, 1.165) is 22.4 Å². The second-order valence-corrected chi connectivity index (χ2v) is 8.61. The summed E-state index contributed by atoms with van der Waals surface area (Å²) >= 11 is 0. The number of carbonyl (C=O) groups is 1. The average molecular weight is 465 g/mol. The Morgan fingerprint density at radius 2 is 1.77 bits per heavy atom. The summed E-state index contributed by atoms with van der Waals surface area (Å²) in [6, 6.07) is 23.2. The first-order valence-corrected chi connectivity index (χ1v) is 11.6. The first kappa shape index (κ1) is 23.9. The topological polar surface area (TPSA) is 95.6 Å². The number of nitriles is 1. The number of nitrogens with one attached hydrogen (secondary N) is 2. The van der Waals surface area contributed by atoms with Gasteiger partial charge in [0.15, 0.2) is 0 Å². The van der Waals surface area contributed by atoms with Gasteiger partial charge in [-0.15, -0.1) is 0 Å². The zero-order chi connectivity index (χ0) is 24.6. The molecule has 0 saturated carbocycles. The van der Waals surface area contributed by atoms with Crippen LogP contribution in [0.4, 0.5) is 5.82 Å². The first-order chi connectivity index (χ1) is 17.0. The molecule has 0 aliphatic carbocycles. The molecule has 7 heteroatoms. The molecule has 2 heterocycles. The van der Waals surface area contributed by atoms with E-state index in [1.54, 1.807) is 23.1 Å². The fraction of sp³-hybridized carbons (Fsp3) is 0.214. The number of hydrogen-bond acceptors (Lipinski definition) is 5. The summed E-state index contributed by atoms with van der Waals surface area (Å²) in [5, 5.41) is 19.7. The Kier molecular flexibility index (Phi) is 7.66. The van der Waals surface area contributed by atoms with E-state index in [2.05, 4.69) is 33.7 Å². The molecule has 1 amide bonds. The predicted octanol–water partition coefficient (Wildman–Crippen LogP) is 4.56. The predicted molar refractivity (Wildman–Crippen MR) is 136 cm³/mol. The van der Waals surface area contributed by atoms with Crippen molar-refractivity contribution in [2.24, 2.45) is 0 Å². The number of amides is 1. The number of hydrogen-bond donors (Lipinski definition) is 2. The largest absolute Gasteiger partial charge is 0.315 e. The number of benzene rings is 2. The van der Waals surface area contributed by atoms with E-state index in [4.69, 9.17) is 5.26 Å². The van der Waals surface area contributed by atoms with Gasteiger partial charge < -0.3 is 10.6 Å². The molecule has 0 bridgehead atoms. The molecule has 2 N–H and O–H groups in total. The molecule has 176 valence electrons. The van der Waals surface area contributed by atoms with Crippen LogP contribution in [0.5, 0.6) is 0 Å². The average Bonchev–Trinajstić information content (AvgIpc) is 3.33. The summed E-state index contributed by atoms with van der Waals surface area (Å²) < 4.78 is 1.75. The molecule has 1 unspecified atom stereocenters. The van der Waals surface area contributed by atoms with Crippen LogP contribution in [-0.2, 0) is 4.79 Å². The Bertz CT molecular complexity index is 1290. The van der Waals surface area contributed by atoms with Crippen molar-refractivity contribution in [2.45, 2.75) is 25.7 Å². The quantitative estimate of drug-likeness (QED) is 0.379. The summed E-state index contributed by atoms with van der Waals surface area (Å²) in [7, 11) is 0. The van der Waals surface area contributed by atoms with E-state index < -0.39 is 0 Å². The van der Waals surface area contributed by atoms with Crippen LogP contribution in [0, 0.1) is 18.3 Å². The molecule has 0 radical (unpaired) electrons. The van der Waals surface area contributed by atoms with Crippen molar-refractivity contribution in [3.8, 4) is 11.8 Å². The van der Waals surface area contributed by atoms with Crippen LogP contribution in [0.3, 0.4) is 0 Å². The minimum atomic E-state index is -0.375. The van der Waals surface area contributed by atoms with Crippen molar-refractivity contribution >= 4 is 11.7 Å². The normalized spacial score (nSPS) is 12.5. The molecule has 35 heavy (non-hydrogen) atoms. The molecule has 0 spiro atoms. The van der Waals surface area contributed by atoms with Gasteiger partial charge in [0.05, 0.1) is 35.6 Å². The second kappa shape index (κ2) is 11.2. The van der Waals surface area contributed by atoms with Crippen LogP contribution < -0.4 is 10.6 Å². The summed E-state index contributed by atoms with van der Waals surface area (Å²) in [6.07, 6.45) is 5.40. The van der Waals surface area contributed by atoms with Gasteiger partial charge in [0, 0.05) is 19.3 Å². The van der Waals surface area contributed by atoms with Crippen LogP contribution >= 0.6 is 0 Å². The highest BCUT2D eigenvalue weighted by Gasteiger charge is 2.21. The lowest BCUT2D eigenvalue weighted by molar-refractivity contribution is -0.117. The van der Waals surface area contributed by atoms with Gasteiger partial charge in [0.1, 0.15) is 5.82 Å². The third-order valence-electron chi connectivity index (χ3n) is 5.90. The molecule has 2 aromatic carbocycles. The SMILES string of the molecule is Cc1cnn(-c2ccc(NC(=O)C(CNC[C@@H](C)c3ccc(C#N)cc3)c3ccccc3)nc2)c1. The lowest BCUT2D eigenvalue weighted by Crippen LogP contribution is -2.32. The van der Waals surface area contributed by atoms with E-state index in [0.29, 0.717) is 24.5 Å². The van der Waals surface area contributed by atoms with Gasteiger partial charge in [-0.3, -0.25) is 4.79 Å². The summed E-state index contributed by atoms with van der Waals surface area (Å²) in [4.78, 5) is 17.7. The van der Waals surface area contributed by atoms with Crippen molar-refractivity contribution in [1.29, 1.82) is 5.26 Å². The smallest absolute Gasteiger partial charge is 0.234 e. The highest BCUT2D eigenvalue weighted by molar-refractivity contribution is 5.95. The van der Waals surface area contributed by atoms with Gasteiger partial charge in [-0.05, 0) is 53.8 Å². The molecule has 0 aliphatic heterocycles. The molecule has 7 nitrogen and oxygen atoms in total. The first-order valence-electron chi connectivity index (χ1n) is 11.6. The van der Waals surface area contributed by atoms with Gasteiger partial charge in [-0.1, -0.05) is 49.4 Å². The van der Waals surface area contributed by atoms with E-state index in [-0.39, 0.29) is 17.7 Å². The third kappa shape index (κ3) is 6.19.